The molecule has 0 unspecified atom stereocenters. The van der Waals surface area contributed by atoms with E-state index in [0.717, 1.165) is 5.56 Å². The monoisotopic (exact) mass is 257 g/mol. The Morgan fingerprint density at radius 3 is 2.81 bits per heavy atom. The second-order valence-electron chi connectivity index (χ2n) is 4.11. The van der Waals surface area contributed by atoms with Crippen LogP contribution in [-0.2, 0) is 11.2 Å². The minimum atomic E-state index is 0.149. The number of nitrogens with one attached hydrogen (secondary N) is 1. The van der Waals surface area contributed by atoms with Gasteiger partial charge < -0.3 is 5.32 Å². The molecule has 0 bridgehead atoms. The molecule has 1 aromatic rings. The summed E-state index contributed by atoms with van der Waals surface area (Å²) in [6.07, 6.45) is 2.72. The number of hydrogen-bond acceptors (Lipinski definition) is 2. The zero-order chi connectivity index (χ0) is 11.5. The normalized spacial score (nSPS) is 15.1. The molecule has 0 saturated heterocycles. The Balaban J connectivity index is 1.91. The van der Waals surface area contributed by atoms with E-state index < -0.39 is 0 Å². The number of hydrogen-bond donors (Lipinski definition) is 1. The van der Waals surface area contributed by atoms with Crippen molar-refractivity contribution in [3.8, 4) is 0 Å². The molecule has 86 valence electrons. The van der Waals surface area contributed by atoms with E-state index in [0.29, 0.717) is 29.1 Å². The molecule has 1 aliphatic carbocycles. The van der Waals surface area contributed by atoms with Gasteiger partial charge in [0, 0.05) is 22.5 Å². The third kappa shape index (κ3) is 3.48. The molecule has 0 aromatic heterocycles. The average Bonchev–Trinajstić information content (AvgIpc) is 3.04. The molecule has 0 amide bonds. The molecule has 16 heavy (non-hydrogen) atoms. The third-order valence-corrected chi connectivity index (χ3v) is 3.16. The average molecular weight is 258 g/mol. The van der Waals surface area contributed by atoms with Gasteiger partial charge in [-0.15, -0.1) is 0 Å². The Labute approximate surface area is 105 Å². The molecule has 1 fully saturated rings. The Hall–Kier alpha value is -0.570. The number of carbonyl (C=O) groups excluding carboxylic acids is 1. The fraction of sp³-hybridized carbons (Fsp3) is 0.417. The van der Waals surface area contributed by atoms with Crippen LogP contribution in [0.1, 0.15) is 18.4 Å². The van der Waals surface area contributed by atoms with Crippen molar-refractivity contribution >= 4 is 29.0 Å². The van der Waals surface area contributed by atoms with Crippen LogP contribution in [-0.4, -0.2) is 18.4 Å². The van der Waals surface area contributed by atoms with Gasteiger partial charge in [-0.1, -0.05) is 23.2 Å². The van der Waals surface area contributed by atoms with Crippen LogP contribution in [0.25, 0.3) is 0 Å². The summed E-state index contributed by atoms with van der Waals surface area (Å²) in [6, 6.07) is 5.75. The number of benzene rings is 1. The number of rotatable bonds is 5. The summed E-state index contributed by atoms with van der Waals surface area (Å²) in [6.45, 7) is 0.424. The smallest absolute Gasteiger partial charge is 0.151 e. The molecule has 1 N–H and O–H groups in total. The van der Waals surface area contributed by atoms with Gasteiger partial charge in [-0.3, -0.25) is 4.79 Å². The zero-order valence-electron chi connectivity index (χ0n) is 8.80. The van der Waals surface area contributed by atoms with Gasteiger partial charge in [0.2, 0.25) is 0 Å². The first-order valence-electron chi connectivity index (χ1n) is 5.34. The van der Waals surface area contributed by atoms with Crippen LogP contribution in [0.5, 0.6) is 0 Å². The minimum absolute atomic E-state index is 0.149. The summed E-state index contributed by atoms with van der Waals surface area (Å²) in [5.74, 6) is 0.149. The standard InChI is InChI=1S/C12H13Cl2NO/c13-9-1-4-12(14)8(5-9)6-11(16)7-15-10-2-3-10/h1,4-5,10,15H,2-3,6-7H2. The van der Waals surface area contributed by atoms with Gasteiger partial charge in [0.25, 0.3) is 0 Å². The minimum Gasteiger partial charge on any atom is -0.307 e. The first kappa shape index (κ1) is 11.9. The summed E-state index contributed by atoms with van der Waals surface area (Å²) in [5.41, 5.74) is 0.803. The summed E-state index contributed by atoms with van der Waals surface area (Å²) < 4.78 is 0. The summed E-state index contributed by atoms with van der Waals surface area (Å²) in [5, 5.41) is 4.40. The summed E-state index contributed by atoms with van der Waals surface area (Å²) in [4.78, 5) is 11.6. The van der Waals surface area contributed by atoms with Crippen LogP contribution in [0, 0.1) is 0 Å². The molecule has 2 nitrogen and oxygen atoms in total. The first-order valence-corrected chi connectivity index (χ1v) is 6.10. The van der Waals surface area contributed by atoms with Crippen LogP contribution in [0.15, 0.2) is 18.2 Å². The predicted molar refractivity (Wildman–Crippen MR) is 66.2 cm³/mol. The van der Waals surface area contributed by atoms with Gasteiger partial charge in [-0.05, 0) is 36.6 Å². The lowest BCUT2D eigenvalue weighted by Crippen LogP contribution is -2.25. The lowest BCUT2D eigenvalue weighted by atomic mass is 10.1. The molecular formula is C12H13Cl2NO. The predicted octanol–water partition coefficient (Wildman–Crippen LogP) is 2.86. The quantitative estimate of drug-likeness (QED) is 0.879. The fourth-order valence-corrected chi connectivity index (χ4v) is 1.88. The molecule has 0 spiro atoms. The molecule has 0 aliphatic heterocycles. The van der Waals surface area contributed by atoms with Gasteiger partial charge in [-0.2, -0.15) is 0 Å². The van der Waals surface area contributed by atoms with Gasteiger partial charge in [0.05, 0.1) is 6.54 Å². The Morgan fingerprint density at radius 2 is 2.12 bits per heavy atom. The molecule has 4 heteroatoms. The van der Waals surface area contributed by atoms with E-state index in [-0.39, 0.29) is 5.78 Å². The highest BCUT2D eigenvalue weighted by Crippen LogP contribution is 2.21. The first-order chi connectivity index (χ1) is 7.65. The molecule has 2 rings (SSSR count). The highest BCUT2D eigenvalue weighted by atomic mass is 35.5. The van der Waals surface area contributed by atoms with E-state index >= 15 is 0 Å². The molecule has 0 radical (unpaired) electrons. The highest BCUT2D eigenvalue weighted by molar-refractivity contribution is 6.33. The van der Waals surface area contributed by atoms with Crippen LogP contribution in [0.3, 0.4) is 0 Å². The van der Waals surface area contributed by atoms with Crippen LogP contribution < -0.4 is 5.32 Å². The lowest BCUT2D eigenvalue weighted by Gasteiger charge is -2.05. The van der Waals surface area contributed by atoms with Crippen molar-refractivity contribution in [1.29, 1.82) is 0 Å². The van der Waals surface area contributed by atoms with Crippen molar-refractivity contribution in [3.05, 3.63) is 33.8 Å². The van der Waals surface area contributed by atoms with Crippen LogP contribution in [0.4, 0.5) is 0 Å². The van der Waals surface area contributed by atoms with E-state index in [2.05, 4.69) is 5.32 Å². The maximum Gasteiger partial charge on any atom is 0.151 e. The number of Topliss-reactive ketones (excluding diaryl/α,β-unsaturated/α-hetero) is 1. The molecule has 0 heterocycles. The van der Waals surface area contributed by atoms with Crippen molar-refractivity contribution in [2.45, 2.75) is 25.3 Å². The van der Waals surface area contributed by atoms with Crippen molar-refractivity contribution in [3.63, 3.8) is 0 Å². The maximum absolute atomic E-state index is 11.6. The molecule has 1 saturated carbocycles. The van der Waals surface area contributed by atoms with E-state index in [1.807, 2.05) is 0 Å². The zero-order valence-corrected chi connectivity index (χ0v) is 10.3. The van der Waals surface area contributed by atoms with Crippen LogP contribution >= 0.6 is 23.2 Å². The number of carbonyl (C=O) groups is 1. The van der Waals surface area contributed by atoms with Gasteiger partial charge in [0.1, 0.15) is 0 Å². The summed E-state index contributed by atoms with van der Waals surface area (Å²) in [7, 11) is 0. The van der Waals surface area contributed by atoms with Gasteiger partial charge >= 0.3 is 0 Å². The van der Waals surface area contributed by atoms with E-state index in [9.17, 15) is 4.79 Å². The summed E-state index contributed by atoms with van der Waals surface area (Å²) >= 11 is 11.8. The largest absolute Gasteiger partial charge is 0.307 e. The van der Waals surface area contributed by atoms with Crippen LogP contribution in [0.2, 0.25) is 10.0 Å². The lowest BCUT2D eigenvalue weighted by molar-refractivity contribution is -0.117. The fourth-order valence-electron chi connectivity index (χ4n) is 1.50. The van der Waals surface area contributed by atoms with E-state index in [1.54, 1.807) is 18.2 Å². The van der Waals surface area contributed by atoms with E-state index in [4.69, 9.17) is 23.2 Å². The van der Waals surface area contributed by atoms with E-state index in [1.165, 1.54) is 12.8 Å². The topological polar surface area (TPSA) is 29.1 Å². The van der Waals surface area contributed by atoms with Crippen molar-refractivity contribution in [1.82, 2.24) is 5.32 Å². The van der Waals surface area contributed by atoms with Crippen molar-refractivity contribution < 1.29 is 4.79 Å². The SMILES string of the molecule is O=C(CNC1CC1)Cc1cc(Cl)ccc1Cl. The molecular weight excluding hydrogens is 245 g/mol. The van der Waals surface area contributed by atoms with Crippen molar-refractivity contribution in [2.75, 3.05) is 6.54 Å². The molecule has 0 atom stereocenters. The highest BCUT2D eigenvalue weighted by Gasteiger charge is 2.21. The second-order valence-corrected chi connectivity index (χ2v) is 4.95. The molecule has 1 aromatic carbocycles. The van der Waals surface area contributed by atoms with Gasteiger partial charge in [-0.25, -0.2) is 0 Å². The molecule has 1 aliphatic rings. The van der Waals surface area contributed by atoms with Gasteiger partial charge in [0.15, 0.2) is 5.78 Å². The second kappa shape index (κ2) is 5.17. The Morgan fingerprint density at radius 1 is 1.38 bits per heavy atom. The van der Waals surface area contributed by atoms with Crippen molar-refractivity contribution in [2.24, 2.45) is 0 Å². The Kier molecular flexibility index (Phi) is 3.85. The Bertz CT molecular complexity index is 402. The third-order valence-electron chi connectivity index (χ3n) is 2.56. The maximum atomic E-state index is 11.6. The number of halogens is 2. The number of ketones is 1.